The third-order valence-corrected chi connectivity index (χ3v) is 11.3. The topological polar surface area (TPSA) is 3.24 Å². The molecule has 0 aliphatic heterocycles. The Bertz CT molecular complexity index is 2810. The van der Waals surface area contributed by atoms with Gasteiger partial charge in [-0.05, 0) is 102 Å². The molecule has 0 saturated carbocycles. The molecule has 0 saturated heterocycles. The smallest absolute Gasteiger partial charge is 0.0540 e. The maximum Gasteiger partial charge on any atom is 0.0540 e. The molecule has 246 valence electrons. The standard InChI is InChI=1S/C51H37N/c1-51(2)48-21-10-8-18-46(48)47-33-38(28-32-49(47)51)52(50-22-11-9-17-41(50)34-13-4-3-5-14-34)37-26-23-36(24-27-37)40-19-12-20-42-43(40)30-31-44-39-16-7-6-15-35(39)25-29-45(42)44/h3-33H,1-2H3. The summed E-state index contributed by atoms with van der Waals surface area (Å²) < 4.78 is 0. The van der Waals surface area contributed by atoms with Crippen molar-refractivity contribution in [1.29, 1.82) is 0 Å². The Hall–Kier alpha value is -6.44. The SMILES string of the molecule is CC1(C)c2ccccc2-c2cc(N(c3ccc(-c4cccc5c4ccc4c6ccccc6ccc54)cc3)c3ccccc3-c3ccccc3)ccc21. The summed E-state index contributed by atoms with van der Waals surface area (Å²) >= 11 is 0. The summed E-state index contributed by atoms with van der Waals surface area (Å²) in [5.74, 6) is 0. The van der Waals surface area contributed by atoms with Crippen LogP contribution in [0.5, 0.6) is 0 Å². The lowest BCUT2D eigenvalue weighted by atomic mass is 9.82. The van der Waals surface area contributed by atoms with Crippen molar-refractivity contribution in [2.45, 2.75) is 19.3 Å². The van der Waals surface area contributed by atoms with E-state index < -0.39 is 0 Å². The monoisotopic (exact) mass is 663 g/mol. The van der Waals surface area contributed by atoms with Crippen molar-refractivity contribution in [3.05, 3.63) is 199 Å². The van der Waals surface area contributed by atoms with Gasteiger partial charge in [-0.3, -0.25) is 0 Å². The van der Waals surface area contributed by atoms with E-state index in [9.17, 15) is 0 Å². The van der Waals surface area contributed by atoms with Gasteiger partial charge in [0.05, 0.1) is 5.69 Å². The summed E-state index contributed by atoms with van der Waals surface area (Å²) in [5, 5.41) is 7.71. The molecule has 0 amide bonds. The van der Waals surface area contributed by atoms with Crippen LogP contribution in [0.3, 0.4) is 0 Å². The molecule has 52 heavy (non-hydrogen) atoms. The summed E-state index contributed by atoms with van der Waals surface area (Å²) in [6, 6.07) is 69.1. The minimum absolute atomic E-state index is 0.0459. The van der Waals surface area contributed by atoms with E-state index in [0.717, 1.165) is 17.1 Å². The van der Waals surface area contributed by atoms with Crippen LogP contribution < -0.4 is 4.90 Å². The average Bonchev–Trinajstić information content (AvgIpc) is 3.43. The molecule has 10 rings (SSSR count). The minimum atomic E-state index is -0.0459. The van der Waals surface area contributed by atoms with Gasteiger partial charge < -0.3 is 4.90 Å². The molecule has 1 heteroatoms. The number of anilines is 3. The Morgan fingerprint density at radius 1 is 0.346 bits per heavy atom. The molecule has 1 aliphatic carbocycles. The predicted octanol–water partition coefficient (Wildman–Crippen LogP) is 14.3. The lowest BCUT2D eigenvalue weighted by Crippen LogP contribution is -2.15. The minimum Gasteiger partial charge on any atom is -0.310 e. The molecule has 1 aliphatic rings. The van der Waals surface area contributed by atoms with Crippen LogP contribution in [-0.4, -0.2) is 0 Å². The normalized spacial score (nSPS) is 13.0. The molecule has 0 aromatic heterocycles. The van der Waals surface area contributed by atoms with Gasteiger partial charge in [0.15, 0.2) is 0 Å². The molecular weight excluding hydrogens is 627 g/mol. The zero-order valence-corrected chi connectivity index (χ0v) is 29.3. The fraction of sp³-hybridized carbons (Fsp3) is 0.0588. The number of fused-ring (bicyclic) bond motifs is 8. The van der Waals surface area contributed by atoms with Gasteiger partial charge >= 0.3 is 0 Å². The summed E-state index contributed by atoms with van der Waals surface area (Å²) in [5.41, 5.74) is 13.6. The van der Waals surface area contributed by atoms with E-state index in [0.29, 0.717) is 0 Å². The maximum absolute atomic E-state index is 2.43. The molecule has 0 radical (unpaired) electrons. The van der Waals surface area contributed by atoms with Crippen molar-refractivity contribution in [2.75, 3.05) is 4.90 Å². The molecule has 0 atom stereocenters. The zero-order valence-electron chi connectivity index (χ0n) is 29.3. The molecule has 0 bridgehead atoms. The number of benzene rings is 9. The van der Waals surface area contributed by atoms with Crippen molar-refractivity contribution < 1.29 is 0 Å². The number of hydrogen-bond acceptors (Lipinski definition) is 1. The fourth-order valence-corrected chi connectivity index (χ4v) is 8.70. The highest BCUT2D eigenvalue weighted by molar-refractivity contribution is 6.19. The molecule has 0 unspecified atom stereocenters. The maximum atomic E-state index is 2.43. The highest BCUT2D eigenvalue weighted by Crippen LogP contribution is 2.51. The predicted molar refractivity (Wildman–Crippen MR) is 222 cm³/mol. The first-order chi connectivity index (χ1) is 25.6. The van der Waals surface area contributed by atoms with Crippen LogP contribution in [0.15, 0.2) is 188 Å². The molecule has 1 nitrogen and oxygen atoms in total. The van der Waals surface area contributed by atoms with Crippen molar-refractivity contribution in [2.24, 2.45) is 0 Å². The van der Waals surface area contributed by atoms with E-state index in [1.807, 2.05) is 0 Å². The largest absolute Gasteiger partial charge is 0.310 e. The van der Waals surface area contributed by atoms with Crippen molar-refractivity contribution >= 4 is 49.4 Å². The van der Waals surface area contributed by atoms with Gasteiger partial charge in [0.2, 0.25) is 0 Å². The molecule has 0 spiro atoms. The Labute approximate surface area is 305 Å². The van der Waals surface area contributed by atoms with Crippen LogP contribution >= 0.6 is 0 Å². The van der Waals surface area contributed by atoms with Crippen molar-refractivity contribution in [3.8, 4) is 33.4 Å². The van der Waals surface area contributed by atoms with Gasteiger partial charge in [0.1, 0.15) is 0 Å². The van der Waals surface area contributed by atoms with E-state index in [4.69, 9.17) is 0 Å². The molecule has 0 N–H and O–H groups in total. The lowest BCUT2D eigenvalue weighted by molar-refractivity contribution is 0.660. The van der Waals surface area contributed by atoms with Gasteiger partial charge in [-0.25, -0.2) is 0 Å². The Morgan fingerprint density at radius 3 is 1.79 bits per heavy atom. The molecule has 0 heterocycles. The fourth-order valence-electron chi connectivity index (χ4n) is 8.70. The van der Waals surface area contributed by atoms with E-state index in [-0.39, 0.29) is 5.41 Å². The second kappa shape index (κ2) is 11.8. The average molecular weight is 664 g/mol. The molecule has 0 fully saturated rings. The van der Waals surface area contributed by atoms with Gasteiger partial charge in [0.25, 0.3) is 0 Å². The van der Waals surface area contributed by atoms with Crippen LogP contribution in [0.1, 0.15) is 25.0 Å². The third-order valence-electron chi connectivity index (χ3n) is 11.3. The van der Waals surface area contributed by atoms with Crippen LogP contribution in [0.25, 0.3) is 65.7 Å². The number of nitrogens with zero attached hydrogens (tertiary/aromatic N) is 1. The Kier molecular flexibility index (Phi) is 6.91. The summed E-state index contributed by atoms with van der Waals surface area (Å²) in [6.45, 7) is 4.69. The number of hydrogen-bond donors (Lipinski definition) is 0. The van der Waals surface area contributed by atoms with E-state index in [1.54, 1.807) is 0 Å². The molecular formula is C51H37N. The van der Waals surface area contributed by atoms with Gasteiger partial charge in [-0.2, -0.15) is 0 Å². The lowest BCUT2D eigenvalue weighted by Gasteiger charge is -2.29. The summed E-state index contributed by atoms with van der Waals surface area (Å²) in [7, 11) is 0. The second-order valence-electron chi connectivity index (χ2n) is 14.5. The van der Waals surface area contributed by atoms with E-state index in [2.05, 4.69) is 207 Å². The Morgan fingerprint density at radius 2 is 0.923 bits per heavy atom. The quantitative estimate of drug-likeness (QED) is 0.166. The first-order valence-electron chi connectivity index (χ1n) is 18.2. The first kappa shape index (κ1) is 30.4. The summed E-state index contributed by atoms with van der Waals surface area (Å²) in [6.07, 6.45) is 0. The number of para-hydroxylation sites is 1. The van der Waals surface area contributed by atoms with Gasteiger partial charge in [-0.15, -0.1) is 0 Å². The van der Waals surface area contributed by atoms with Crippen LogP contribution in [-0.2, 0) is 5.41 Å². The summed E-state index contributed by atoms with van der Waals surface area (Å²) in [4.78, 5) is 2.43. The second-order valence-corrected chi connectivity index (χ2v) is 14.5. The first-order valence-corrected chi connectivity index (χ1v) is 18.2. The van der Waals surface area contributed by atoms with Gasteiger partial charge in [0, 0.05) is 22.4 Å². The highest BCUT2D eigenvalue weighted by atomic mass is 15.1. The number of rotatable bonds is 5. The van der Waals surface area contributed by atoms with Gasteiger partial charge in [-0.1, -0.05) is 172 Å². The molecule has 9 aromatic rings. The van der Waals surface area contributed by atoms with E-state index in [1.165, 1.54) is 76.8 Å². The van der Waals surface area contributed by atoms with Crippen LogP contribution in [0.4, 0.5) is 17.1 Å². The zero-order chi connectivity index (χ0) is 34.8. The van der Waals surface area contributed by atoms with Crippen molar-refractivity contribution in [3.63, 3.8) is 0 Å². The molecule has 9 aromatic carbocycles. The Balaban J connectivity index is 1.13. The van der Waals surface area contributed by atoms with Crippen LogP contribution in [0.2, 0.25) is 0 Å². The van der Waals surface area contributed by atoms with E-state index >= 15 is 0 Å². The van der Waals surface area contributed by atoms with Crippen molar-refractivity contribution in [1.82, 2.24) is 0 Å². The third kappa shape index (κ3) is 4.70. The highest BCUT2D eigenvalue weighted by Gasteiger charge is 2.35. The van der Waals surface area contributed by atoms with Crippen LogP contribution in [0, 0.1) is 0 Å².